The van der Waals surface area contributed by atoms with Crippen molar-refractivity contribution in [2.24, 2.45) is 0 Å². The van der Waals surface area contributed by atoms with Gasteiger partial charge >= 0.3 is 0 Å². The molecule has 1 aliphatic rings. The van der Waals surface area contributed by atoms with Crippen LogP contribution in [0.4, 0.5) is 4.39 Å². The monoisotopic (exact) mass is 407 g/mol. The molecule has 1 aliphatic heterocycles. The molecule has 0 aliphatic carbocycles. The lowest BCUT2D eigenvalue weighted by Gasteiger charge is -2.27. The normalized spacial score (nSPS) is 17.3. The fraction of sp³-hybridized carbons (Fsp3) is 0.545. The maximum absolute atomic E-state index is 13.5. The Morgan fingerprint density at radius 2 is 2.10 bits per heavy atom. The summed E-state index contributed by atoms with van der Waals surface area (Å²) in [6, 6.07) is 10.9. The largest absolute Gasteiger partial charge is 0.382 e. The van der Waals surface area contributed by atoms with E-state index in [-0.39, 0.29) is 11.9 Å². The quantitative estimate of drug-likeness (QED) is 0.447. The van der Waals surface area contributed by atoms with Crippen molar-refractivity contribution in [2.45, 2.75) is 19.2 Å². The number of halogens is 1. The standard InChI is InChI=1S/C22H32FN3O3/c1-28-11-8-25(18-22(27)17-24-9-12-29-13-10-24)16-21-6-3-7-26(21)15-19-4-2-5-20(23)14-19/h2-7,14,22,27H,8-13,15-18H2,1H3/p+2/t22-/m1/s1. The molecule has 0 saturated carbocycles. The summed E-state index contributed by atoms with van der Waals surface area (Å²) in [4.78, 5) is 2.69. The highest BCUT2D eigenvalue weighted by Crippen LogP contribution is 2.09. The number of aromatic nitrogens is 1. The first-order chi connectivity index (χ1) is 14.1. The first-order valence-electron chi connectivity index (χ1n) is 10.4. The van der Waals surface area contributed by atoms with Crippen LogP contribution in [0, 0.1) is 5.82 Å². The Bertz CT molecular complexity index is 734. The lowest BCUT2D eigenvalue weighted by Crippen LogP contribution is -3.17. The number of morpholine rings is 1. The molecule has 2 heterocycles. The van der Waals surface area contributed by atoms with Gasteiger partial charge in [0.1, 0.15) is 45.1 Å². The Hall–Kier alpha value is -1.77. The van der Waals surface area contributed by atoms with Gasteiger partial charge in [-0.15, -0.1) is 0 Å². The van der Waals surface area contributed by atoms with E-state index in [0.29, 0.717) is 19.7 Å². The van der Waals surface area contributed by atoms with Crippen LogP contribution >= 0.6 is 0 Å². The van der Waals surface area contributed by atoms with Crippen molar-refractivity contribution in [1.29, 1.82) is 0 Å². The van der Waals surface area contributed by atoms with Gasteiger partial charge < -0.3 is 28.9 Å². The van der Waals surface area contributed by atoms with Gasteiger partial charge in [0.25, 0.3) is 0 Å². The SMILES string of the molecule is COCC[NH+](Cc1cccn1Cc1cccc(F)c1)C[C@H](O)C[NH+]1CCOCC1. The molecule has 0 amide bonds. The average Bonchev–Trinajstić information content (AvgIpc) is 3.13. The summed E-state index contributed by atoms with van der Waals surface area (Å²) < 4.78 is 26.4. The summed E-state index contributed by atoms with van der Waals surface area (Å²) in [5, 5.41) is 10.7. The third kappa shape index (κ3) is 7.21. The summed E-state index contributed by atoms with van der Waals surface area (Å²) in [6.45, 7) is 7.81. The Labute approximate surface area is 172 Å². The van der Waals surface area contributed by atoms with E-state index in [4.69, 9.17) is 9.47 Å². The number of rotatable bonds is 11. The van der Waals surface area contributed by atoms with Gasteiger partial charge in [0.2, 0.25) is 0 Å². The van der Waals surface area contributed by atoms with Crippen LogP contribution in [0.5, 0.6) is 0 Å². The number of nitrogens with one attached hydrogen (secondary N) is 2. The number of aliphatic hydroxyl groups excluding tert-OH is 1. The fourth-order valence-electron chi connectivity index (χ4n) is 3.96. The maximum Gasteiger partial charge on any atom is 0.152 e. The molecule has 1 unspecified atom stereocenters. The summed E-state index contributed by atoms with van der Waals surface area (Å²) in [7, 11) is 1.71. The van der Waals surface area contributed by atoms with Gasteiger partial charge in [0.05, 0.1) is 25.5 Å². The zero-order valence-electron chi connectivity index (χ0n) is 17.3. The van der Waals surface area contributed by atoms with Gasteiger partial charge in [-0.3, -0.25) is 0 Å². The van der Waals surface area contributed by atoms with Crippen LogP contribution in [-0.2, 0) is 22.6 Å². The van der Waals surface area contributed by atoms with Crippen molar-refractivity contribution in [3.05, 3.63) is 59.7 Å². The topological polar surface area (TPSA) is 52.5 Å². The highest BCUT2D eigenvalue weighted by atomic mass is 19.1. The zero-order chi connectivity index (χ0) is 20.5. The molecule has 6 nitrogen and oxygen atoms in total. The van der Waals surface area contributed by atoms with Crippen LogP contribution in [0.25, 0.3) is 0 Å². The minimum Gasteiger partial charge on any atom is -0.382 e. The van der Waals surface area contributed by atoms with E-state index in [0.717, 1.165) is 51.5 Å². The molecule has 2 aromatic rings. The van der Waals surface area contributed by atoms with Gasteiger partial charge in [-0.05, 0) is 29.8 Å². The molecule has 7 heteroatoms. The van der Waals surface area contributed by atoms with Crippen LogP contribution in [0.1, 0.15) is 11.3 Å². The lowest BCUT2D eigenvalue weighted by atomic mass is 10.2. The number of ether oxygens (including phenoxy) is 2. The number of methoxy groups -OCH3 is 1. The highest BCUT2D eigenvalue weighted by molar-refractivity contribution is 5.18. The molecule has 1 aromatic heterocycles. The molecule has 1 aromatic carbocycles. The van der Waals surface area contributed by atoms with E-state index >= 15 is 0 Å². The summed E-state index contributed by atoms with van der Waals surface area (Å²) in [5.41, 5.74) is 2.11. The Morgan fingerprint density at radius 3 is 2.86 bits per heavy atom. The lowest BCUT2D eigenvalue weighted by molar-refractivity contribution is -0.935. The molecule has 1 saturated heterocycles. The van der Waals surface area contributed by atoms with Crippen LogP contribution in [0.15, 0.2) is 42.6 Å². The number of quaternary nitrogens is 2. The molecule has 29 heavy (non-hydrogen) atoms. The number of benzene rings is 1. The second-order valence-corrected chi connectivity index (χ2v) is 7.85. The average molecular weight is 408 g/mol. The predicted octanol–water partition coefficient (Wildman–Crippen LogP) is -1.02. The van der Waals surface area contributed by atoms with Crippen molar-refractivity contribution in [3.63, 3.8) is 0 Å². The van der Waals surface area contributed by atoms with Crippen molar-refractivity contribution >= 4 is 0 Å². The first kappa shape index (κ1) is 21.9. The van der Waals surface area contributed by atoms with Crippen LogP contribution in [-0.4, -0.2) is 75.4 Å². The van der Waals surface area contributed by atoms with Crippen LogP contribution in [0.3, 0.4) is 0 Å². The van der Waals surface area contributed by atoms with E-state index in [1.165, 1.54) is 21.6 Å². The molecule has 1 fully saturated rings. The van der Waals surface area contributed by atoms with Gasteiger partial charge in [0.15, 0.2) is 6.10 Å². The number of hydrogen-bond acceptors (Lipinski definition) is 3. The van der Waals surface area contributed by atoms with Gasteiger partial charge in [-0.2, -0.15) is 0 Å². The Kier molecular flexibility index (Phi) is 8.64. The molecule has 0 bridgehead atoms. The fourth-order valence-corrected chi connectivity index (χ4v) is 3.96. The summed E-state index contributed by atoms with van der Waals surface area (Å²) in [5.74, 6) is -0.211. The maximum atomic E-state index is 13.5. The van der Waals surface area contributed by atoms with Crippen molar-refractivity contribution in [1.82, 2.24) is 4.57 Å². The van der Waals surface area contributed by atoms with Crippen LogP contribution in [0.2, 0.25) is 0 Å². The van der Waals surface area contributed by atoms with E-state index in [1.54, 1.807) is 19.2 Å². The molecule has 0 spiro atoms. The Balaban J connectivity index is 1.60. The second-order valence-electron chi connectivity index (χ2n) is 7.85. The van der Waals surface area contributed by atoms with Gasteiger partial charge in [-0.25, -0.2) is 4.39 Å². The molecule has 3 rings (SSSR count). The number of hydrogen-bond donors (Lipinski definition) is 3. The smallest absolute Gasteiger partial charge is 0.152 e. The first-order valence-corrected chi connectivity index (χ1v) is 10.4. The van der Waals surface area contributed by atoms with E-state index in [1.807, 2.05) is 18.3 Å². The van der Waals surface area contributed by atoms with Gasteiger partial charge in [0, 0.05) is 19.9 Å². The van der Waals surface area contributed by atoms with E-state index < -0.39 is 0 Å². The van der Waals surface area contributed by atoms with Gasteiger partial charge in [-0.1, -0.05) is 12.1 Å². The molecular formula is C22H34FN3O3+2. The minimum absolute atomic E-state index is 0.211. The summed E-state index contributed by atoms with van der Waals surface area (Å²) >= 11 is 0. The van der Waals surface area contributed by atoms with Crippen molar-refractivity contribution < 1.29 is 28.8 Å². The third-order valence-corrected chi connectivity index (χ3v) is 5.50. The van der Waals surface area contributed by atoms with E-state index in [9.17, 15) is 9.50 Å². The minimum atomic E-state index is -0.360. The summed E-state index contributed by atoms with van der Waals surface area (Å²) in [6.07, 6.45) is 1.67. The van der Waals surface area contributed by atoms with Crippen LogP contribution < -0.4 is 9.80 Å². The molecule has 160 valence electrons. The Morgan fingerprint density at radius 1 is 1.28 bits per heavy atom. The van der Waals surface area contributed by atoms with Crippen molar-refractivity contribution in [2.75, 3.05) is 59.7 Å². The second kappa shape index (κ2) is 11.4. The molecular weight excluding hydrogens is 373 g/mol. The molecule has 2 atom stereocenters. The molecule has 3 N–H and O–H groups in total. The highest BCUT2D eigenvalue weighted by Gasteiger charge is 2.23. The number of aliphatic hydroxyl groups is 1. The number of nitrogens with zero attached hydrogens (tertiary/aromatic N) is 1. The van der Waals surface area contributed by atoms with Crippen molar-refractivity contribution in [3.8, 4) is 0 Å². The molecule has 0 radical (unpaired) electrons. The predicted molar refractivity (Wildman–Crippen MR) is 109 cm³/mol. The van der Waals surface area contributed by atoms with E-state index in [2.05, 4.69) is 10.6 Å². The zero-order valence-corrected chi connectivity index (χ0v) is 17.3. The third-order valence-electron chi connectivity index (χ3n) is 5.50.